The van der Waals surface area contributed by atoms with Gasteiger partial charge in [0, 0.05) is 31.7 Å². The topological polar surface area (TPSA) is 117 Å². The Bertz CT molecular complexity index is 898. The second-order valence-corrected chi connectivity index (χ2v) is 7.90. The fraction of sp³-hybridized carbons (Fsp3) is 0.632. The van der Waals surface area contributed by atoms with Crippen LogP contribution in [-0.2, 0) is 29.0 Å². The van der Waals surface area contributed by atoms with Crippen LogP contribution >= 0.6 is 0 Å². The van der Waals surface area contributed by atoms with Gasteiger partial charge in [-0.3, -0.25) is 14.7 Å². The maximum Gasteiger partial charge on any atom is 0.274 e. The molecular weight excluding hydrogens is 376 g/mol. The second kappa shape index (κ2) is 7.94. The molecule has 0 spiro atoms. The number of nitrogens with zero attached hydrogens (tertiary/aromatic N) is 5. The van der Waals surface area contributed by atoms with Gasteiger partial charge in [0.15, 0.2) is 11.5 Å². The zero-order valence-electron chi connectivity index (χ0n) is 17.0. The van der Waals surface area contributed by atoms with E-state index in [9.17, 15) is 9.59 Å². The number of ether oxygens (including phenoxy) is 1. The maximum atomic E-state index is 12.9. The number of nitrogens with one attached hydrogen (secondary N) is 1. The SMILES string of the molecule is CC(C)c1noc(CN(C)C(=O)c2n[nH]c3c2CCN(C(=O)C2CCCO2)C3)n1. The minimum atomic E-state index is -0.336. The Morgan fingerprint density at radius 3 is 2.90 bits per heavy atom. The minimum absolute atomic E-state index is 0.0186. The van der Waals surface area contributed by atoms with Crippen LogP contribution < -0.4 is 0 Å². The summed E-state index contributed by atoms with van der Waals surface area (Å²) in [6.07, 6.45) is 1.94. The van der Waals surface area contributed by atoms with Crippen LogP contribution in [0.15, 0.2) is 4.52 Å². The van der Waals surface area contributed by atoms with Crippen molar-refractivity contribution in [2.45, 2.75) is 58.2 Å². The minimum Gasteiger partial charge on any atom is -0.368 e. The molecule has 10 nitrogen and oxygen atoms in total. The average molecular weight is 402 g/mol. The zero-order chi connectivity index (χ0) is 20.5. The third kappa shape index (κ3) is 3.89. The molecule has 10 heteroatoms. The highest BCUT2D eigenvalue weighted by Gasteiger charge is 2.33. The van der Waals surface area contributed by atoms with Gasteiger partial charge in [-0.1, -0.05) is 19.0 Å². The van der Waals surface area contributed by atoms with Gasteiger partial charge in [-0.2, -0.15) is 10.1 Å². The molecule has 0 bridgehead atoms. The first-order chi connectivity index (χ1) is 13.9. The van der Waals surface area contributed by atoms with Crippen LogP contribution in [-0.4, -0.2) is 68.3 Å². The van der Waals surface area contributed by atoms with E-state index in [1.165, 1.54) is 4.90 Å². The van der Waals surface area contributed by atoms with Crippen LogP contribution in [0.4, 0.5) is 0 Å². The molecule has 2 aromatic rings. The monoisotopic (exact) mass is 402 g/mol. The molecule has 0 aliphatic carbocycles. The summed E-state index contributed by atoms with van der Waals surface area (Å²) in [5, 5.41) is 11.1. The number of carbonyl (C=O) groups is 2. The quantitative estimate of drug-likeness (QED) is 0.800. The summed E-state index contributed by atoms with van der Waals surface area (Å²) in [6.45, 7) is 5.78. The molecule has 1 unspecified atom stereocenters. The van der Waals surface area contributed by atoms with Crippen molar-refractivity contribution in [2.75, 3.05) is 20.2 Å². The van der Waals surface area contributed by atoms with Gasteiger partial charge < -0.3 is 19.1 Å². The number of aromatic amines is 1. The molecule has 2 amide bonds. The first-order valence-electron chi connectivity index (χ1n) is 9.98. The number of hydrogen-bond acceptors (Lipinski definition) is 7. The maximum absolute atomic E-state index is 12.9. The van der Waals surface area contributed by atoms with Crippen molar-refractivity contribution in [1.29, 1.82) is 0 Å². The molecule has 1 fully saturated rings. The van der Waals surface area contributed by atoms with Gasteiger partial charge in [-0.25, -0.2) is 0 Å². The van der Waals surface area contributed by atoms with Crippen molar-refractivity contribution in [2.24, 2.45) is 0 Å². The molecular formula is C19H26N6O4. The van der Waals surface area contributed by atoms with Crippen molar-refractivity contribution < 1.29 is 18.8 Å². The van der Waals surface area contributed by atoms with Gasteiger partial charge in [0.2, 0.25) is 5.89 Å². The summed E-state index contributed by atoms with van der Waals surface area (Å²) >= 11 is 0. The molecule has 4 rings (SSSR count). The molecule has 1 saturated heterocycles. The van der Waals surface area contributed by atoms with Gasteiger partial charge in [-0.15, -0.1) is 0 Å². The molecule has 1 atom stereocenters. The van der Waals surface area contributed by atoms with Gasteiger partial charge in [0.05, 0.1) is 12.2 Å². The van der Waals surface area contributed by atoms with E-state index in [2.05, 4.69) is 20.3 Å². The van der Waals surface area contributed by atoms with E-state index in [1.807, 2.05) is 13.8 Å². The first-order valence-corrected chi connectivity index (χ1v) is 9.98. The largest absolute Gasteiger partial charge is 0.368 e. The van der Waals surface area contributed by atoms with E-state index >= 15 is 0 Å². The van der Waals surface area contributed by atoms with Gasteiger partial charge in [-0.05, 0) is 19.3 Å². The number of aromatic nitrogens is 4. The smallest absolute Gasteiger partial charge is 0.274 e. The number of H-pyrrole nitrogens is 1. The standard InChI is InChI=1S/C19H26N6O4/c1-11(2)17-20-15(29-23-17)10-24(3)19(27)16-12-6-7-25(9-13(12)21-22-16)18(26)14-5-4-8-28-14/h11,14H,4-10H2,1-3H3,(H,21,22). The van der Waals surface area contributed by atoms with Crippen molar-refractivity contribution in [3.05, 3.63) is 28.7 Å². The highest BCUT2D eigenvalue weighted by atomic mass is 16.5. The third-order valence-electron chi connectivity index (χ3n) is 5.37. The molecule has 0 aromatic carbocycles. The Morgan fingerprint density at radius 2 is 2.21 bits per heavy atom. The molecule has 0 saturated carbocycles. The first kappa shape index (κ1) is 19.6. The molecule has 2 aliphatic rings. The summed E-state index contributed by atoms with van der Waals surface area (Å²) in [5.41, 5.74) is 2.06. The van der Waals surface area contributed by atoms with Crippen LogP contribution in [0.25, 0.3) is 0 Å². The summed E-state index contributed by atoms with van der Waals surface area (Å²) in [6, 6.07) is 0. The van der Waals surface area contributed by atoms with Crippen molar-refractivity contribution >= 4 is 11.8 Å². The Morgan fingerprint density at radius 1 is 1.38 bits per heavy atom. The molecule has 2 aromatic heterocycles. The predicted molar refractivity (Wildman–Crippen MR) is 101 cm³/mol. The number of carbonyl (C=O) groups excluding carboxylic acids is 2. The summed E-state index contributed by atoms with van der Waals surface area (Å²) in [7, 11) is 1.68. The lowest BCUT2D eigenvalue weighted by Gasteiger charge is -2.29. The van der Waals surface area contributed by atoms with Gasteiger partial charge in [0.25, 0.3) is 11.8 Å². The van der Waals surface area contributed by atoms with Crippen LogP contribution in [0, 0.1) is 0 Å². The van der Waals surface area contributed by atoms with E-state index < -0.39 is 0 Å². The van der Waals surface area contributed by atoms with Crippen LogP contribution in [0.5, 0.6) is 0 Å². The Labute approximate surface area is 168 Å². The van der Waals surface area contributed by atoms with E-state index in [0.29, 0.717) is 43.5 Å². The third-order valence-corrected chi connectivity index (χ3v) is 5.37. The Hall–Kier alpha value is -2.75. The predicted octanol–water partition coefficient (Wildman–Crippen LogP) is 1.25. The molecule has 0 radical (unpaired) electrons. The van der Waals surface area contributed by atoms with Crippen molar-refractivity contribution in [3.8, 4) is 0 Å². The van der Waals surface area contributed by atoms with Gasteiger partial charge >= 0.3 is 0 Å². The van der Waals surface area contributed by atoms with Crippen molar-refractivity contribution in [1.82, 2.24) is 30.1 Å². The molecule has 29 heavy (non-hydrogen) atoms. The molecule has 2 aliphatic heterocycles. The molecule has 1 N–H and O–H groups in total. The number of rotatable bonds is 5. The summed E-state index contributed by atoms with van der Waals surface area (Å²) in [4.78, 5) is 33.1. The van der Waals surface area contributed by atoms with E-state index in [4.69, 9.17) is 9.26 Å². The van der Waals surface area contributed by atoms with Crippen LogP contribution in [0.2, 0.25) is 0 Å². The van der Waals surface area contributed by atoms with Crippen LogP contribution in [0.1, 0.15) is 66.1 Å². The lowest BCUT2D eigenvalue weighted by molar-refractivity contribution is -0.141. The molecule has 4 heterocycles. The van der Waals surface area contributed by atoms with E-state index in [0.717, 1.165) is 24.1 Å². The lowest BCUT2D eigenvalue weighted by atomic mass is 10.0. The normalized spacial score (nSPS) is 18.9. The summed E-state index contributed by atoms with van der Waals surface area (Å²) in [5.74, 6) is 0.972. The molecule has 156 valence electrons. The fourth-order valence-corrected chi connectivity index (χ4v) is 3.68. The Kier molecular flexibility index (Phi) is 5.35. The van der Waals surface area contributed by atoms with E-state index in [1.54, 1.807) is 11.9 Å². The second-order valence-electron chi connectivity index (χ2n) is 7.90. The number of amides is 2. The van der Waals surface area contributed by atoms with Crippen molar-refractivity contribution in [3.63, 3.8) is 0 Å². The average Bonchev–Trinajstić information content (AvgIpc) is 3.46. The fourth-order valence-electron chi connectivity index (χ4n) is 3.68. The zero-order valence-corrected chi connectivity index (χ0v) is 17.0. The highest BCUT2D eigenvalue weighted by Crippen LogP contribution is 2.24. The number of fused-ring (bicyclic) bond motifs is 1. The lowest BCUT2D eigenvalue weighted by Crippen LogP contribution is -2.42. The van der Waals surface area contributed by atoms with E-state index in [-0.39, 0.29) is 30.4 Å². The number of hydrogen-bond donors (Lipinski definition) is 1. The van der Waals surface area contributed by atoms with Crippen LogP contribution in [0.3, 0.4) is 0 Å². The van der Waals surface area contributed by atoms with Gasteiger partial charge in [0.1, 0.15) is 12.6 Å². The Balaban J connectivity index is 1.42. The highest BCUT2D eigenvalue weighted by molar-refractivity contribution is 5.94. The summed E-state index contributed by atoms with van der Waals surface area (Å²) < 4.78 is 10.7.